The summed E-state index contributed by atoms with van der Waals surface area (Å²) in [7, 11) is 0. The molecule has 0 saturated carbocycles. The Balaban J connectivity index is 2.08. The van der Waals surface area contributed by atoms with E-state index in [9.17, 15) is 10.1 Å². The number of fused-ring (bicyclic) bond motifs is 3. The highest BCUT2D eigenvalue weighted by Gasteiger charge is 2.19. The summed E-state index contributed by atoms with van der Waals surface area (Å²) in [6, 6.07) is 14.7. The van der Waals surface area contributed by atoms with Gasteiger partial charge >= 0.3 is 0 Å². The Kier molecular flexibility index (Phi) is 4.54. The van der Waals surface area contributed by atoms with Gasteiger partial charge in [-0.25, -0.2) is 0 Å². The van der Waals surface area contributed by atoms with Gasteiger partial charge in [-0.2, -0.15) is 0 Å². The van der Waals surface area contributed by atoms with Crippen LogP contribution in [0.15, 0.2) is 54.7 Å². The SMILES string of the molecule is CCCCn1c2ccccc2c2ccnc(-c3cc([N+](=O)[O-])ccc3Cl)c21. The summed E-state index contributed by atoms with van der Waals surface area (Å²) in [5.41, 5.74) is 3.36. The average Bonchev–Trinajstić information content (AvgIpc) is 3.00. The molecule has 27 heavy (non-hydrogen) atoms. The van der Waals surface area contributed by atoms with Gasteiger partial charge in [0.2, 0.25) is 0 Å². The number of benzene rings is 2. The smallest absolute Gasteiger partial charge is 0.270 e. The van der Waals surface area contributed by atoms with E-state index in [1.165, 1.54) is 12.1 Å². The maximum Gasteiger partial charge on any atom is 0.270 e. The number of halogens is 1. The quantitative estimate of drug-likeness (QED) is 0.305. The van der Waals surface area contributed by atoms with Crippen LogP contribution in [-0.2, 0) is 6.54 Å². The normalized spacial score (nSPS) is 11.3. The average molecular weight is 380 g/mol. The molecule has 2 heterocycles. The highest BCUT2D eigenvalue weighted by atomic mass is 35.5. The Hall–Kier alpha value is -2.92. The van der Waals surface area contributed by atoms with Crippen molar-refractivity contribution in [1.82, 2.24) is 9.55 Å². The molecule has 0 aliphatic rings. The Morgan fingerprint density at radius 2 is 1.96 bits per heavy atom. The van der Waals surface area contributed by atoms with E-state index in [0.717, 1.165) is 41.2 Å². The van der Waals surface area contributed by atoms with Crippen LogP contribution in [0.4, 0.5) is 5.69 Å². The number of hydrogen-bond donors (Lipinski definition) is 0. The number of nitro groups is 1. The number of aryl methyl sites for hydroxylation is 1. The number of aromatic nitrogens is 2. The van der Waals surface area contributed by atoms with E-state index < -0.39 is 4.92 Å². The van der Waals surface area contributed by atoms with Gasteiger partial charge in [-0.3, -0.25) is 15.1 Å². The van der Waals surface area contributed by atoms with Crippen molar-refractivity contribution in [2.24, 2.45) is 0 Å². The topological polar surface area (TPSA) is 61.0 Å². The molecule has 0 aliphatic carbocycles. The minimum atomic E-state index is -0.410. The molecular formula is C21H18ClN3O2. The number of para-hydroxylation sites is 1. The molecule has 0 N–H and O–H groups in total. The van der Waals surface area contributed by atoms with Gasteiger partial charge in [0.15, 0.2) is 0 Å². The molecule has 0 amide bonds. The van der Waals surface area contributed by atoms with Crippen LogP contribution in [0.3, 0.4) is 0 Å². The molecule has 136 valence electrons. The first-order chi connectivity index (χ1) is 13.1. The highest BCUT2D eigenvalue weighted by Crippen LogP contribution is 2.38. The van der Waals surface area contributed by atoms with Gasteiger partial charge in [-0.05, 0) is 24.6 Å². The van der Waals surface area contributed by atoms with E-state index in [1.807, 2.05) is 18.2 Å². The largest absolute Gasteiger partial charge is 0.339 e. The van der Waals surface area contributed by atoms with Crippen molar-refractivity contribution in [3.05, 3.63) is 69.9 Å². The zero-order valence-corrected chi connectivity index (χ0v) is 15.6. The fraction of sp³-hybridized carbons (Fsp3) is 0.190. The lowest BCUT2D eigenvalue weighted by Gasteiger charge is -2.11. The van der Waals surface area contributed by atoms with E-state index in [2.05, 4.69) is 28.6 Å². The molecule has 4 aromatic rings. The van der Waals surface area contributed by atoms with Crippen molar-refractivity contribution in [1.29, 1.82) is 0 Å². The standard InChI is InChI=1S/C21H18ClN3O2/c1-2-3-12-24-19-7-5-4-6-15(19)16-10-11-23-20(21(16)24)17-13-14(25(26)27)8-9-18(17)22/h4-11,13H,2-3,12H2,1H3. The lowest BCUT2D eigenvalue weighted by Crippen LogP contribution is -2.00. The number of rotatable bonds is 5. The number of pyridine rings is 1. The summed E-state index contributed by atoms with van der Waals surface area (Å²) in [5.74, 6) is 0. The lowest BCUT2D eigenvalue weighted by molar-refractivity contribution is -0.384. The van der Waals surface area contributed by atoms with Gasteiger partial charge in [-0.1, -0.05) is 43.1 Å². The lowest BCUT2D eigenvalue weighted by atomic mass is 10.1. The van der Waals surface area contributed by atoms with Crippen molar-refractivity contribution in [3.63, 3.8) is 0 Å². The molecule has 0 atom stereocenters. The summed E-state index contributed by atoms with van der Waals surface area (Å²) >= 11 is 6.42. The van der Waals surface area contributed by atoms with Gasteiger partial charge in [0, 0.05) is 46.7 Å². The van der Waals surface area contributed by atoms with Crippen LogP contribution in [0.25, 0.3) is 33.1 Å². The minimum absolute atomic E-state index is 0.00409. The molecule has 0 spiro atoms. The molecule has 2 aromatic carbocycles. The zero-order chi connectivity index (χ0) is 19.0. The fourth-order valence-corrected chi connectivity index (χ4v) is 3.76. The molecule has 4 rings (SSSR count). The zero-order valence-electron chi connectivity index (χ0n) is 14.9. The third-order valence-corrected chi connectivity index (χ3v) is 5.16. The first-order valence-corrected chi connectivity index (χ1v) is 9.30. The maximum atomic E-state index is 11.2. The van der Waals surface area contributed by atoms with Gasteiger partial charge in [0.25, 0.3) is 5.69 Å². The first-order valence-electron chi connectivity index (χ1n) is 8.92. The van der Waals surface area contributed by atoms with Crippen LogP contribution in [0, 0.1) is 10.1 Å². The Morgan fingerprint density at radius 3 is 2.74 bits per heavy atom. The van der Waals surface area contributed by atoms with Crippen LogP contribution < -0.4 is 0 Å². The molecule has 0 saturated heterocycles. The Morgan fingerprint density at radius 1 is 1.15 bits per heavy atom. The van der Waals surface area contributed by atoms with Crippen LogP contribution in [0.1, 0.15) is 19.8 Å². The van der Waals surface area contributed by atoms with Crippen molar-refractivity contribution in [2.75, 3.05) is 0 Å². The second kappa shape index (κ2) is 7.00. The Labute approximate surface area is 161 Å². The van der Waals surface area contributed by atoms with Crippen LogP contribution in [0.5, 0.6) is 0 Å². The number of hydrogen-bond acceptors (Lipinski definition) is 3. The van der Waals surface area contributed by atoms with Crippen molar-refractivity contribution < 1.29 is 4.92 Å². The number of nitrogens with zero attached hydrogens (tertiary/aromatic N) is 3. The molecule has 0 fully saturated rings. The van der Waals surface area contributed by atoms with Gasteiger partial charge < -0.3 is 4.57 Å². The number of non-ortho nitro benzene ring substituents is 1. The fourth-order valence-electron chi connectivity index (χ4n) is 3.56. The number of unbranched alkanes of at least 4 members (excludes halogenated alkanes) is 1. The van der Waals surface area contributed by atoms with Crippen molar-refractivity contribution >= 4 is 39.1 Å². The van der Waals surface area contributed by atoms with Gasteiger partial charge in [0.05, 0.1) is 21.2 Å². The molecular weight excluding hydrogens is 362 g/mol. The molecule has 0 bridgehead atoms. The van der Waals surface area contributed by atoms with Gasteiger partial charge in [0.1, 0.15) is 0 Å². The molecule has 0 unspecified atom stereocenters. The maximum absolute atomic E-state index is 11.2. The second-order valence-corrected chi connectivity index (χ2v) is 6.91. The van der Waals surface area contributed by atoms with Crippen LogP contribution in [0.2, 0.25) is 5.02 Å². The predicted molar refractivity (Wildman–Crippen MR) is 109 cm³/mol. The Bertz CT molecular complexity index is 1170. The monoisotopic (exact) mass is 379 g/mol. The van der Waals surface area contributed by atoms with E-state index in [-0.39, 0.29) is 5.69 Å². The van der Waals surface area contributed by atoms with Crippen LogP contribution >= 0.6 is 11.6 Å². The summed E-state index contributed by atoms with van der Waals surface area (Å²) in [6.07, 6.45) is 3.84. The van der Waals surface area contributed by atoms with E-state index in [1.54, 1.807) is 12.3 Å². The van der Waals surface area contributed by atoms with Gasteiger partial charge in [-0.15, -0.1) is 0 Å². The highest BCUT2D eigenvalue weighted by molar-refractivity contribution is 6.33. The van der Waals surface area contributed by atoms with E-state index in [4.69, 9.17) is 11.6 Å². The number of nitro benzene ring substituents is 1. The molecule has 0 radical (unpaired) electrons. The first kappa shape index (κ1) is 17.5. The minimum Gasteiger partial charge on any atom is -0.339 e. The van der Waals surface area contributed by atoms with Crippen molar-refractivity contribution in [2.45, 2.75) is 26.3 Å². The summed E-state index contributed by atoms with van der Waals surface area (Å²) in [4.78, 5) is 15.4. The summed E-state index contributed by atoms with van der Waals surface area (Å²) < 4.78 is 2.26. The third kappa shape index (κ3) is 2.94. The molecule has 5 nitrogen and oxygen atoms in total. The third-order valence-electron chi connectivity index (χ3n) is 4.83. The van der Waals surface area contributed by atoms with E-state index in [0.29, 0.717) is 16.3 Å². The van der Waals surface area contributed by atoms with Crippen LogP contribution in [-0.4, -0.2) is 14.5 Å². The summed E-state index contributed by atoms with van der Waals surface area (Å²) in [5, 5.41) is 13.9. The molecule has 6 heteroatoms. The summed E-state index contributed by atoms with van der Waals surface area (Å²) in [6.45, 7) is 3.01. The molecule has 2 aromatic heterocycles. The predicted octanol–water partition coefficient (Wildman–Crippen LogP) is 6.22. The second-order valence-electron chi connectivity index (χ2n) is 6.50. The van der Waals surface area contributed by atoms with E-state index >= 15 is 0 Å². The molecule has 0 aliphatic heterocycles. The van der Waals surface area contributed by atoms with Crippen molar-refractivity contribution in [3.8, 4) is 11.3 Å².